The van der Waals surface area contributed by atoms with Gasteiger partial charge in [0, 0.05) is 18.3 Å². The van der Waals surface area contributed by atoms with E-state index in [2.05, 4.69) is 85.7 Å². The highest BCUT2D eigenvalue weighted by atomic mass is 16.5. The smallest absolute Gasteiger partial charge is 0.221 e. The molecule has 5 nitrogen and oxygen atoms in total. The number of carbonyl (C=O) groups is 1. The molecule has 0 radical (unpaired) electrons. The van der Waals surface area contributed by atoms with Crippen LogP contribution in [0, 0.1) is 6.92 Å². The van der Waals surface area contributed by atoms with E-state index in [1.54, 1.807) is 5.43 Å². The van der Waals surface area contributed by atoms with E-state index in [9.17, 15) is 0 Å². The molecule has 0 aliphatic carbocycles. The Hall–Kier alpha value is -3.31. The van der Waals surface area contributed by atoms with Crippen LogP contribution in [0.1, 0.15) is 23.6 Å². The number of amides is 1. The Morgan fingerprint density at radius 1 is 1.00 bits per heavy atom. The molecule has 3 rings (SSSR count). The van der Waals surface area contributed by atoms with E-state index in [0.29, 0.717) is 13.0 Å². The van der Waals surface area contributed by atoms with Crippen LogP contribution in [-0.2, 0) is 17.8 Å². The van der Waals surface area contributed by atoms with Gasteiger partial charge in [-0.15, -0.1) is 0 Å². The number of hydrazine groups is 1. The molecule has 5 heteroatoms. The molecule has 0 fully saturated rings. The number of anilines is 1. The summed E-state index contributed by atoms with van der Waals surface area (Å²) in [7, 11) is 1.94. The summed E-state index contributed by atoms with van der Waals surface area (Å²) in [6, 6.07) is 23.3. The van der Waals surface area contributed by atoms with Gasteiger partial charge in [0.25, 0.3) is 0 Å². The first kappa shape index (κ1) is 22.0. The molecule has 1 amide bonds. The summed E-state index contributed by atoms with van der Waals surface area (Å²) in [6.07, 6.45) is 1.47. The summed E-state index contributed by atoms with van der Waals surface area (Å²) in [5.41, 5.74) is 9.05. The van der Waals surface area contributed by atoms with Gasteiger partial charge in [-0.2, -0.15) is 0 Å². The highest BCUT2D eigenvalue weighted by molar-refractivity contribution is 5.65. The molecule has 0 spiro atoms. The number of nitrogens with one attached hydrogen (secondary N) is 2. The lowest BCUT2D eigenvalue weighted by Gasteiger charge is -2.14. The summed E-state index contributed by atoms with van der Waals surface area (Å²) < 4.78 is 6.08. The largest absolute Gasteiger partial charge is 0.489 e. The van der Waals surface area contributed by atoms with Gasteiger partial charge < -0.3 is 10.1 Å². The number of nitrogens with two attached hydrogens (primary N) is 1. The van der Waals surface area contributed by atoms with Crippen LogP contribution in [0.3, 0.4) is 0 Å². The molecule has 4 N–H and O–H groups in total. The Balaban J connectivity index is 0.000000687. The average molecular weight is 392 g/mol. The molecule has 0 saturated heterocycles. The summed E-state index contributed by atoms with van der Waals surface area (Å²) in [4.78, 5) is 8.94. The molecule has 0 unspecified atom stereocenters. The summed E-state index contributed by atoms with van der Waals surface area (Å²) >= 11 is 0. The SMILES string of the molecule is CCc1ccc(-c2cccc(OCc3c(C)cccc3NC)c2)cc1.NNC=O. The quantitative estimate of drug-likeness (QED) is 0.241. The maximum Gasteiger partial charge on any atom is 0.221 e. The number of benzene rings is 3. The van der Waals surface area contributed by atoms with Gasteiger partial charge in [-0.25, -0.2) is 5.84 Å². The van der Waals surface area contributed by atoms with E-state index >= 15 is 0 Å². The zero-order valence-corrected chi connectivity index (χ0v) is 17.2. The zero-order chi connectivity index (χ0) is 21.1. The summed E-state index contributed by atoms with van der Waals surface area (Å²) in [5, 5.41) is 3.24. The van der Waals surface area contributed by atoms with Crippen LogP contribution in [-0.4, -0.2) is 13.5 Å². The standard InChI is InChI=1S/C23H25NO.CH4N2O/c1-4-18-11-13-19(14-12-18)20-8-6-9-21(15-20)25-16-22-17(2)7-5-10-23(22)24-3;2-3-1-4/h5-15,24H,4,16H2,1-3H3;1H,2H2,(H,3,4). The molecule has 0 aromatic heterocycles. The minimum atomic E-state index is 0.403. The average Bonchev–Trinajstić information content (AvgIpc) is 2.78. The molecule has 3 aromatic carbocycles. The fraction of sp³-hybridized carbons (Fsp3) is 0.208. The summed E-state index contributed by atoms with van der Waals surface area (Å²) in [5.74, 6) is 5.30. The minimum Gasteiger partial charge on any atom is -0.489 e. The molecule has 3 aromatic rings. The third kappa shape index (κ3) is 6.36. The van der Waals surface area contributed by atoms with Crippen molar-refractivity contribution in [3.63, 3.8) is 0 Å². The van der Waals surface area contributed by atoms with Crippen LogP contribution in [0.2, 0.25) is 0 Å². The van der Waals surface area contributed by atoms with Crippen molar-refractivity contribution in [2.45, 2.75) is 26.9 Å². The van der Waals surface area contributed by atoms with Crippen molar-refractivity contribution in [3.8, 4) is 16.9 Å². The minimum absolute atomic E-state index is 0.403. The van der Waals surface area contributed by atoms with Crippen LogP contribution in [0.25, 0.3) is 11.1 Å². The number of ether oxygens (including phenoxy) is 1. The van der Waals surface area contributed by atoms with E-state index in [1.807, 2.05) is 13.1 Å². The Kier molecular flexibility index (Phi) is 8.73. The van der Waals surface area contributed by atoms with E-state index < -0.39 is 0 Å². The van der Waals surface area contributed by atoms with Crippen molar-refractivity contribution in [2.75, 3.05) is 12.4 Å². The molecule has 0 aliphatic heterocycles. The first-order valence-corrected chi connectivity index (χ1v) is 9.61. The van der Waals surface area contributed by atoms with Crippen molar-refractivity contribution in [3.05, 3.63) is 83.4 Å². The highest BCUT2D eigenvalue weighted by Crippen LogP contribution is 2.26. The molecule has 0 heterocycles. The van der Waals surface area contributed by atoms with Crippen LogP contribution >= 0.6 is 0 Å². The summed E-state index contributed by atoms with van der Waals surface area (Å²) in [6.45, 7) is 4.85. The molecule has 0 saturated carbocycles. The number of aryl methyl sites for hydroxylation is 2. The van der Waals surface area contributed by atoms with E-state index in [0.717, 1.165) is 17.9 Å². The van der Waals surface area contributed by atoms with Gasteiger partial charge in [-0.3, -0.25) is 10.2 Å². The zero-order valence-electron chi connectivity index (χ0n) is 17.2. The second-order valence-electron chi connectivity index (χ2n) is 6.50. The van der Waals surface area contributed by atoms with Crippen LogP contribution in [0.4, 0.5) is 5.69 Å². The number of carbonyl (C=O) groups excluding carboxylic acids is 1. The lowest BCUT2D eigenvalue weighted by molar-refractivity contribution is -0.109. The molecule has 29 heavy (non-hydrogen) atoms. The monoisotopic (exact) mass is 391 g/mol. The molecular formula is C24H29N3O2. The topological polar surface area (TPSA) is 76.4 Å². The van der Waals surface area contributed by atoms with E-state index in [1.165, 1.54) is 27.8 Å². The van der Waals surface area contributed by atoms with Crippen LogP contribution in [0.5, 0.6) is 5.75 Å². The number of rotatable bonds is 7. The van der Waals surface area contributed by atoms with Crippen molar-refractivity contribution < 1.29 is 9.53 Å². The molecule has 0 aliphatic rings. The van der Waals surface area contributed by atoms with Gasteiger partial charge in [0.2, 0.25) is 6.41 Å². The second-order valence-corrected chi connectivity index (χ2v) is 6.50. The van der Waals surface area contributed by atoms with Gasteiger partial charge in [-0.05, 0) is 53.8 Å². The fourth-order valence-electron chi connectivity index (χ4n) is 2.98. The van der Waals surface area contributed by atoms with E-state index in [4.69, 9.17) is 9.53 Å². The second kappa shape index (κ2) is 11.5. The fourth-order valence-corrected chi connectivity index (χ4v) is 2.98. The van der Waals surface area contributed by atoms with Gasteiger partial charge in [-0.1, -0.05) is 55.5 Å². The first-order chi connectivity index (χ1) is 14.1. The van der Waals surface area contributed by atoms with Crippen LogP contribution < -0.4 is 21.3 Å². The van der Waals surface area contributed by atoms with Crippen LogP contribution in [0.15, 0.2) is 66.7 Å². The van der Waals surface area contributed by atoms with Crippen molar-refractivity contribution >= 4 is 12.1 Å². The predicted octanol–water partition coefficient (Wildman–Crippen LogP) is 4.45. The molecule has 0 atom stereocenters. The lowest BCUT2D eigenvalue weighted by atomic mass is 10.0. The maximum absolute atomic E-state index is 8.94. The van der Waals surface area contributed by atoms with E-state index in [-0.39, 0.29) is 0 Å². The normalized spacial score (nSPS) is 9.79. The Morgan fingerprint density at radius 2 is 1.69 bits per heavy atom. The third-order valence-corrected chi connectivity index (χ3v) is 4.66. The van der Waals surface area contributed by atoms with Gasteiger partial charge in [0.15, 0.2) is 0 Å². The molecule has 152 valence electrons. The number of hydrogen-bond donors (Lipinski definition) is 3. The molecular weight excluding hydrogens is 362 g/mol. The first-order valence-electron chi connectivity index (χ1n) is 9.61. The lowest BCUT2D eigenvalue weighted by Crippen LogP contribution is -2.18. The van der Waals surface area contributed by atoms with Gasteiger partial charge >= 0.3 is 0 Å². The van der Waals surface area contributed by atoms with Gasteiger partial charge in [0.05, 0.1) is 0 Å². The molecule has 0 bridgehead atoms. The van der Waals surface area contributed by atoms with Gasteiger partial charge in [0.1, 0.15) is 12.4 Å². The predicted molar refractivity (Wildman–Crippen MR) is 120 cm³/mol. The maximum atomic E-state index is 8.94. The number of hydrogen-bond acceptors (Lipinski definition) is 4. The van der Waals surface area contributed by atoms with Crippen molar-refractivity contribution in [1.82, 2.24) is 5.43 Å². The Labute approximate surface area is 172 Å². The third-order valence-electron chi connectivity index (χ3n) is 4.66. The highest BCUT2D eigenvalue weighted by Gasteiger charge is 2.06. The Morgan fingerprint density at radius 3 is 2.31 bits per heavy atom. The Bertz CT molecular complexity index is 908. The van der Waals surface area contributed by atoms with Crippen molar-refractivity contribution in [2.24, 2.45) is 5.84 Å². The van der Waals surface area contributed by atoms with Crippen molar-refractivity contribution in [1.29, 1.82) is 0 Å².